The van der Waals surface area contributed by atoms with E-state index in [0.717, 1.165) is 37.9 Å². The first-order valence-corrected chi connectivity index (χ1v) is 19.0. The third-order valence-corrected chi connectivity index (χ3v) is 11.7. The summed E-state index contributed by atoms with van der Waals surface area (Å²) in [6, 6.07) is 10.8. The van der Waals surface area contributed by atoms with Crippen molar-refractivity contribution in [1.29, 1.82) is 0 Å². The molecule has 0 saturated carbocycles. The molecular formula is C40H40F3N11O3. The Morgan fingerprint density at radius 1 is 0.982 bits per heavy atom. The van der Waals surface area contributed by atoms with Gasteiger partial charge in [0.1, 0.15) is 46.6 Å². The lowest BCUT2D eigenvalue weighted by atomic mass is 9.78. The third-order valence-electron chi connectivity index (χ3n) is 11.7. The van der Waals surface area contributed by atoms with Crippen LogP contribution in [0.25, 0.3) is 39.0 Å². The molecule has 1 N–H and O–H groups in total. The molecule has 4 aromatic heterocycles. The van der Waals surface area contributed by atoms with Gasteiger partial charge in [-0.15, -0.1) is 0 Å². The summed E-state index contributed by atoms with van der Waals surface area (Å²) in [5, 5.41) is 8.60. The van der Waals surface area contributed by atoms with Crippen LogP contribution in [-0.4, -0.2) is 122 Å². The van der Waals surface area contributed by atoms with E-state index in [9.17, 15) is 9.18 Å². The van der Waals surface area contributed by atoms with Gasteiger partial charge in [0, 0.05) is 69.5 Å². The number of nitrogens with one attached hydrogen (secondary N) is 1. The molecule has 1 spiro atoms. The molecule has 57 heavy (non-hydrogen) atoms. The van der Waals surface area contributed by atoms with E-state index >= 15 is 8.78 Å². The number of imidazole rings is 1. The number of methoxy groups -OCH3 is 1. The van der Waals surface area contributed by atoms with E-state index in [2.05, 4.69) is 20.3 Å². The predicted octanol–water partition coefficient (Wildman–Crippen LogP) is 4.33. The largest absolute Gasteiger partial charge is 0.380 e. The number of likely N-dealkylation sites (N-methyl/N-ethyl adjacent to an activating group) is 1. The van der Waals surface area contributed by atoms with Gasteiger partial charge in [-0.05, 0) is 43.7 Å². The number of fused-ring (bicyclic) bond motifs is 6. The van der Waals surface area contributed by atoms with E-state index < -0.39 is 29.6 Å². The Balaban J connectivity index is 1.07. The predicted molar refractivity (Wildman–Crippen MR) is 204 cm³/mol. The Kier molecular flexibility index (Phi) is 8.46. The van der Waals surface area contributed by atoms with Gasteiger partial charge >= 0.3 is 0 Å². The summed E-state index contributed by atoms with van der Waals surface area (Å²) in [5.41, 5.74) is 2.93. The summed E-state index contributed by atoms with van der Waals surface area (Å²) in [7, 11) is 3.37. The molecular weight excluding hydrogens is 740 g/mol. The molecule has 3 atom stereocenters. The number of carbonyl (C=O) groups excluding carboxylic acids is 1. The van der Waals surface area contributed by atoms with E-state index in [1.807, 2.05) is 34.6 Å². The van der Waals surface area contributed by atoms with Crippen LogP contribution < -0.4 is 10.2 Å². The first kappa shape index (κ1) is 35.7. The highest BCUT2D eigenvalue weighted by atomic mass is 19.1. The molecule has 14 nitrogen and oxygen atoms in total. The zero-order valence-electron chi connectivity index (χ0n) is 31.6. The summed E-state index contributed by atoms with van der Waals surface area (Å²) in [6.45, 7) is 6.37. The highest BCUT2D eigenvalue weighted by molar-refractivity contribution is 5.94. The molecule has 4 aliphatic heterocycles. The van der Waals surface area contributed by atoms with Crippen molar-refractivity contribution >= 4 is 39.6 Å². The van der Waals surface area contributed by atoms with Gasteiger partial charge in [-0.25, -0.2) is 37.8 Å². The number of hydrogen-bond donors (Lipinski definition) is 1. The maximum atomic E-state index is 15.3. The zero-order valence-corrected chi connectivity index (χ0v) is 31.6. The first-order chi connectivity index (χ1) is 27.5. The van der Waals surface area contributed by atoms with Gasteiger partial charge in [-0.2, -0.15) is 5.10 Å². The number of pyridine rings is 1. The van der Waals surface area contributed by atoms with Gasteiger partial charge in [0.25, 0.3) is 0 Å². The van der Waals surface area contributed by atoms with Crippen molar-refractivity contribution in [3.05, 3.63) is 83.8 Å². The Morgan fingerprint density at radius 3 is 2.60 bits per heavy atom. The van der Waals surface area contributed by atoms with Crippen molar-refractivity contribution in [2.75, 3.05) is 63.8 Å². The minimum Gasteiger partial charge on any atom is -0.380 e. The van der Waals surface area contributed by atoms with Gasteiger partial charge in [0.05, 0.1) is 60.7 Å². The second-order valence-corrected chi connectivity index (χ2v) is 15.8. The number of aryl methyl sites for hydroxylation is 1. The van der Waals surface area contributed by atoms with Crippen LogP contribution in [0.3, 0.4) is 0 Å². The number of carbonyl (C=O) groups is 1. The van der Waals surface area contributed by atoms with Gasteiger partial charge in [0.2, 0.25) is 5.91 Å². The number of benzene rings is 2. The highest BCUT2D eigenvalue weighted by Gasteiger charge is 2.49. The van der Waals surface area contributed by atoms with Crippen LogP contribution in [0.4, 0.5) is 24.8 Å². The number of nitrogens with zero attached hydrogens (tertiary/aromatic N) is 10. The van der Waals surface area contributed by atoms with Gasteiger partial charge in [-0.3, -0.25) is 9.69 Å². The minimum absolute atomic E-state index is 0.0368. The number of hydrogen-bond acceptors (Lipinski definition) is 11. The molecule has 0 unspecified atom stereocenters. The molecule has 2 aromatic carbocycles. The van der Waals surface area contributed by atoms with Crippen molar-refractivity contribution in [1.82, 2.24) is 44.1 Å². The van der Waals surface area contributed by atoms with Crippen molar-refractivity contribution in [3.63, 3.8) is 0 Å². The summed E-state index contributed by atoms with van der Waals surface area (Å²) in [4.78, 5) is 40.3. The molecule has 8 heterocycles. The van der Waals surface area contributed by atoms with Gasteiger partial charge in [-0.1, -0.05) is 6.07 Å². The fourth-order valence-corrected chi connectivity index (χ4v) is 8.96. The van der Waals surface area contributed by atoms with E-state index in [4.69, 9.17) is 24.4 Å². The second-order valence-electron chi connectivity index (χ2n) is 15.8. The average Bonchev–Trinajstić information content (AvgIpc) is 3.85. The summed E-state index contributed by atoms with van der Waals surface area (Å²) >= 11 is 0. The SMILES string of the molecule is CO[C@H]1CN(C)C(=O)[C@@H]2C[C@@H](CN2c2nc(CN3CC4(COC4)C3)nc3c2cnn3-c2ccc(F)cc2F)Nc2cccc(n2)-c2cc(F)cc3nc(C)n(c23)C1. The Labute approximate surface area is 325 Å². The summed E-state index contributed by atoms with van der Waals surface area (Å²) in [6.07, 6.45) is 1.52. The van der Waals surface area contributed by atoms with Crippen molar-refractivity contribution in [2.45, 2.75) is 44.6 Å². The lowest BCUT2D eigenvalue weighted by molar-refractivity contribution is -0.191. The summed E-state index contributed by atoms with van der Waals surface area (Å²) in [5.74, 6) is 0.139. The van der Waals surface area contributed by atoms with Crippen molar-refractivity contribution < 1.29 is 27.4 Å². The van der Waals surface area contributed by atoms with Crippen molar-refractivity contribution in [2.24, 2.45) is 5.41 Å². The molecule has 0 radical (unpaired) electrons. The lowest BCUT2D eigenvalue weighted by Crippen LogP contribution is -2.65. The number of aromatic nitrogens is 7. The quantitative estimate of drug-likeness (QED) is 0.268. The Morgan fingerprint density at radius 2 is 1.82 bits per heavy atom. The molecule has 4 aliphatic rings. The standard InChI is InChI=1S/C40H40F3N11O3/c1-22-45-31-11-24(42)9-27-30-5-4-6-34(47-30)46-25-12-33(39(55)50(2)15-26(56-3)16-52(22)36(27)31)53(14-25)37-28-13-44-54(32-8-7-23(41)10-29(32)43)38(28)49-35(48-37)17-51-18-40(19-51)20-57-21-40/h4-11,13,25-26,33H,12,14-21H2,1-3H3,(H,46,47)/t25-,26-,33-/m0/s1. The van der Waals surface area contributed by atoms with Crippen LogP contribution >= 0.6 is 0 Å². The molecule has 1 amide bonds. The number of amides is 1. The molecule has 3 saturated heterocycles. The minimum atomic E-state index is -0.788. The zero-order chi connectivity index (χ0) is 39.2. The number of ether oxygens (including phenoxy) is 2. The Bertz CT molecular complexity index is 2570. The van der Waals surface area contributed by atoms with Crippen LogP contribution in [0.2, 0.25) is 0 Å². The maximum absolute atomic E-state index is 15.3. The average molecular weight is 780 g/mol. The third kappa shape index (κ3) is 6.15. The molecule has 4 bridgehead atoms. The van der Waals surface area contributed by atoms with E-state index in [0.29, 0.717) is 77.1 Å². The second kappa shape index (κ2) is 13.5. The fourth-order valence-electron chi connectivity index (χ4n) is 8.96. The number of likely N-dealkylation sites (tertiary alicyclic amines) is 1. The van der Waals surface area contributed by atoms with Crippen LogP contribution in [-0.2, 0) is 27.4 Å². The molecule has 10 rings (SSSR count). The van der Waals surface area contributed by atoms with Crippen molar-refractivity contribution in [3.8, 4) is 16.9 Å². The Hall–Kier alpha value is -5.65. The monoisotopic (exact) mass is 779 g/mol. The molecule has 294 valence electrons. The number of halogens is 3. The summed E-state index contributed by atoms with van der Waals surface area (Å²) < 4.78 is 59.2. The molecule has 0 aliphatic carbocycles. The number of rotatable bonds is 5. The van der Waals surface area contributed by atoms with Gasteiger partial charge < -0.3 is 29.2 Å². The van der Waals surface area contributed by atoms with Crippen LogP contribution in [0.5, 0.6) is 0 Å². The van der Waals surface area contributed by atoms with Crippen LogP contribution in [0.15, 0.2) is 54.7 Å². The topological polar surface area (TPSA) is 132 Å². The smallest absolute Gasteiger partial charge is 0.245 e. The molecule has 3 fully saturated rings. The lowest BCUT2D eigenvalue weighted by Gasteiger charge is -2.54. The first-order valence-electron chi connectivity index (χ1n) is 19.0. The van der Waals surface area contributed by atoms with E-state index in [-0.39, 0.29) is 29.6 Å². The normalized spacial score (nSPS) is 22.1. The fraction of sp³-hybridized carbons (Fsp3) is 0.400. The van der Waals surface area contributed by atoms with Crippen LogP contribution in [0.1, 0.15) is 18.1 Å². The molecule has 17 heteroatoms. The highest BCUT2D eigenvalue weighted by Crippen LogP contribution is 2.39. The van der Waals surface area contributed by atoms with Crippen LogP contribution in [0, 0.1) is 29.8 Å². The maximum Gasteiger partial charge on any atom is 0.245 e. The van der Waals surface area contributed by atoms with E-state index in [1.165, 1.54) is 28.9 Å². The molecule has 6 aromatic rings. The van der Waals surface area contributed by atoms with Gasteiger partial charge in [0.15, 0.2) is 11.5 Å². The number of anilines is 2. The van der Waals surface area contributed by atoms with E-state index in [1.54, 1.807) is 25.3 Å².